The second kappa shape index (κ2) is 8.29. The Morgan fingerprint density at radius 2 is 1.78 bits per heavy atom. The van der Waals surface area contributed by atoms with Crippen LogP contribution in [0, 0.1) is 0 Å². The van der Waals surface area contributed by atoms with E-state index in [1.54, 1.807) is 19.2 Å². The summed E-state index contributed by atoms with van der Waals surface area (Å²) in [6.07, 6.45) is 3.03. The number of carbonyl (C=O) groups is 1. The molecule has 0 radical (unpaired) electrons. The van der Waals surface area contributed by atoms with Crippen molar-refractivity contribution in [3.8, 4) is 0 Å². The van der Waals surface area contributed by atoms with Crippen molar-refractivity contribution in [3.63, 3.8) is 0 Å². The summed E-state index contributed by atoms with van der Waals surface area (Å²) in [5.74, 6) is -0.422. The van der Waals surface area contributed by atoms with Gasteiger partial charge in [-0.15, -0.1) is 0 Å². The molecule has 2 aromatic carbocycles. The molecule has 0 saturated heterocycles. The number of esters is 1. The van der Waals surface area contributed by atoms with Crippen molar-refractivity contribution in [2.24, 2.45) is 0 Å². The standard InChI is InChI=1S/C18H19NO3S/c1-3-22-18(20)13-16(14-9-5-4-6-10-14)19-15-11-7-8-12-17(15)23(2)21/h4-13,19H,3H2,1-2H3/b16-13+. The van der Waals surface area contributed by atoms with E-state index < -0.39 is 16.8 Å². The van der Waals surface area contributed by atoms with Crippen molar-refractivity contribution in [2.45, 2.75) is 11.8 Å². The van der Waals surface area contributed by atoms with Crippen molar-refractivity contribution in [3.05, 3.63) is 66.2 Å². The minimum absolute atomic E-state index is 0.312. The molecule has 4 nitrogen and oxygen atoms in total. The van der Waals surface area contributed by atoms with Gasteiger partial charge in [0.1, 0.15) is 0 Å². The summed E-state index contributed by atoms with van der Waals surface area (Å²) in [7, 11) is -1.14. The molecule has 2 aromatic rings. The first-order valence-corrected chi connectivity index (χ1v) is 8.81. The minimum Gasteiger partial charge on any atom is -0.463 e. The van der Waals surface area contributed by atoms with Crippen molar-refractivity contribution < 1.29 is 13.7 Å². The maximum Gasteiger partial charge on any atom is 0.332 e. The third kappa shape index (κ3) is 4.79. The fraction of sp³-hybridized carbons (Fsp3) is 0.167. The second-order valence-corrected chi connectivity index (χ2v) is 6.10. The van der Waals surface area contributed by atoms with Crippen molar-refractivity contribution >= 4 is 28.2 Å². The minimum atomic E-state index is -1.14. The zero-order valence-corrected chi connectivity index (χ0v) is 13.9. The highest BCUT2D eigenvalue weighted by molar-refractivity contribution is 7.84. The molecule has 0 bridgehead atoms. The summed E-state index contributed by atoms with van der Waals surface area (Å²) in [4.78, 5) is 12.5. The van der Waals surface area contributed by atoms with Crippen LogP contribution in [0.25, 0.3) is 5.70 Å². The predicted molar refractivity (Wildman–Crippen MR) is 93.4 cm³/mol. The van der Waals surface area contributed by atoms with Crippen molar-refractivity contribution in [1.29, 1.82) is 0 Å². The molecule has 0 heterocycles. The molecule has 23 heavy (non-hydrogen) atoms. The third-order valence-corrected chi connectivity index (χ3v) is 4.08. The lowest BCUT2D eigenvalue weighted by Gasteiger charge is -2.14. The summed E-state index contributed by atoms with van der Waals surface area (Å²) in [6.45, 7) is 2.07. The number of para-hydroxylation sites is 1. The van der Waals surface area contributed by atoms with Gasteiger partial charge in [-0.3, -0.25) is 4.21 Å². The van der Waals surface area contributed by atoms with Crippen LogP contribution >= 0.6 is 0 Å². The number of benzene rings is 2. The molecule has 0 saturated carbocycles. The van der Waals surface area contributed by atoms with Gasteiger partial charge in [0.15, 0.2) is 0 Å². The molecule has 0 amide bonds. The molecular weight excluding hydrogens is 310 g/mol. The average Bonchev–Trinajstić information content (AvgIpc) is 2.55. The molecule has 2 rings (SSSR count). The van der Waals surface area contributed by atoms with Crippen molar-refractivity contribution in [2.75, 3.05) is 18.2 Å². The Kier molecular flexibility index (Phi) is 6.11. The lowest BCUT2D eigenvalue weighted by Crippen LogP contribution is -2.07. The Morgan fingerprint density at radius 1 is 1.13 bits per heavy atom. The highest BCUT2D eigenvalue weighted by Crippen LogP contribution is 2.24. The van der Waals surface area contributed by atoms with E-state index in [0.717, 1.165) is 5.56 Å². The van der Waals surface area contributed by atoms with Gasteiger partial charge in [-0.2, -0.15) is 0 Å². The summed E-state index contributed by atoms with van der Waals surface area (Å²) < 4.78 is 16.9. The van der Waals surface area contributed by atoms with Crippen LogP contribution in [0.15, 0.2) is 65.6 Å². The predicted octanol–water partition coefficient (Wildman–Crippen LogP) is 3.44. The summed E-state index contributed by atoms with van der Waals surface area (Å²) in [5.41, 5.74) is 2.15. The van der Waals surface area contributed by atoms with E-state index in [-0.39, 0.29) is 0 Å². The van der Waals surface area contributed by atoms with Gasteiger partial charge in [-0.1, -0.05) is 42.5 Å². The van der Waals surface area contributed by atoms with E-state index in [0.29, 0.717) is 22.9 Å². The van der Waals surface area contributed by atoms with Gasteiger partial charge in [0.05, 0.1) is 33.7 Å². The van der Waals surface area contributed by atoms with Crippen LogP contribution in [0.2, 0.25) is 0 Å². The van der Waals surface area contributed by atoms with E-state index in [9.17, 15) is 9.00 Å². The summed E-state index contributed by atoms with van der Waals surface area (Å²) in [5, 5.41) is 3.20. The molecule has 0 aliphatic heterocycles. The van der Waals surface area contributed by atoms with Crippen LogP contribution in [0.5, 0.6) is 0 Å². The molecule has 1 atom stereocenters. The molecular formula is C18H19NO3S. The number of hydrogen-bond donors (Lipinski definition) is 1. The maximum atomic E-state index is 11.9. The summed E-state index contributed by atoms with van der Waals surface area (Å²) >= 11 is 0. The number of carbonyl (C=O) groups excluding carboxylic acids is 1. The van der Waals surface area contributed by atoms with Gasteiger partial charge >= 0.3 is 5.97 Å². The zero-order chi connectivity index (χ0) is 16.7. The topological polar surface area (TPSA) is 55.4 Å². The largest absolute Gasteiger partial charge is 0.463 e. The van der Waals surface area contributed by atoms with Gasteiger partial charge in [0.2, 0.25) is 0 Å². The Labute approximate surface area is 138 Å². The number of anilines is 1. The molecule has 0 aliphatic carbocycles. The Morgan fingerprint density at radius 3 is 2.43 bits per heavy atom. The lowest BCUT2D eigenvalue weighted by molar-refractivity contribution is -0.137. The summed E-state index contributed by atoms with van der Waals surface area (Å²) in [6, 6.07) is 16.8. The molecule has 0 aliphatic rings. The van der Waals surface area contributed by atoms with Gasteiger partial charge in [0, 0.05) is 12.3 Å². The Hall–Kier alpha value is -2.40. The molecule has 1 unspecified atom stereocenters. The number of nitrogens with one attached hydrogen (secondary N) is 1. The fourth-order valence-corrected chi connectivity index (χ4v) is 2.78. The fourth-order valence-electron chi connectivity index (χ4n) is 2.08. The highest BCUT2D eigenvalue weighted by Gasteiger charge is 2.10. The van der Waals surface area contributed by atoms with E-state index in [1.807, 2.05) is 48.5 Å². The van der Waals surface area contributed by atoms with Gasteiger partial charge in [-0.25, -0.2) is 4.79 Å². The van der Waals surface area contributed by atoms with Gasteiger partial charge < -0.3 is 10.1 Å². The Balaban J connectivity index is 2.40. The first-order valence-electron chi connectivity index (χ1n) is 7.25. The normalized spacial score (nSPS) is 12.5. The van der Waals surface area contributed by atoms with Crippen LogP contribution in [0.3, 0.4) is 0 Å². The van der Waals surface area contributed by atoms with Crippen LogP contribution in [0.1, 0.15) is 12.5 Å². The number of ether oxygens (including phenoxy) is 1. The third-order valence-electron chi connectivity index (χ3n) is 3.10. The van der Waals surface area contributed by atoms with Gasteiger partial charge in [-0.05, 0) is 24.6 Å². The van der Waals surface area contributed by atoms with Crippen LogP contribution in [-0.2, 0) is 20.3 Å². The molecule has 0 spiro atoms. The van der Waals surface area contributed by atoms with Crippen molar-refractivity contribution in [1.82, 2.24) is 0 Å². The highest BCUT2D eigenvalue weighted by atomic mass is 32.2. The molecule has 0 fully saturated rings. The lowest BCUT2D eigenvalue weighted by atomic mass is 10.1. The second-order valence-electron chi connectivity index (χ2n) is 4.75. The number of rotatable bonds is 6. The molecule has 0 aromatic heterocycles. The van der Waals surface area contributed by atoms with E-state index in [4.69, 9.17) is 4.74 Å². The zero-order valence-electron chi connectivity index (χ0n) is 13.1. The SMILES string of the molecule is CCOC(=O)/C=C(/Nc1ccccc1S(C)=O)c1ccccc1. The number of hydrogen-bond acceptors (Lipinski definition) is 4. The quantitative estimate of drug-likeness (QED) is 0.651. The van der Waals surface area contributed by atoms with E-state index in [1.165, 1.54) is 6.08 Å². The molecule has 5 heteroatoms. The average molecular weight is 329 g/mol. The molecule has 1 N–H and O–H groups in total. The first-order chi connectivity index (χ1) is 11.1. The van der Waals surface area contributed by atoms with E-state index >= 15 is 0 Å². The Bertz CT molecular complexity index is 726. The van der Waals surface area contributed by atoms with Crippen LogP contribution < -0.4 is 5.32 Å². The van der Waals surface area contributed by atoms with E-state index in [2.05, 4.69) is 5.32 Å². The van der Waals surface area contributed by atoms with Crippen LogP contribution in [0.4, 0.5) is 5.69 Å². The molecule has 120 valence electrons. The first kappa shape index (κ1) is 17.0. The van der Waals surface area contributed by atoms with Crippen LogP contribution in [-0.4, -0.2) is 23.0 Å². The monoisotopic (exact) mass is 329 g/mol. The maximum absolute atomic E-state index is 11.9. The van der Waals surface area contributed by atoms with Gasteiger partial charge in [0.25, 0.3) is 0 Å². The smallest absolute Gasteiger partial charge is 0.332 e.